The Morgan fingerprint density at radius 3 is 2.50 bits per heavy atom. The molecule has 9 nitrogen and oxygen atoms in total. The highest BCUT2D eigenvalue weighted by Gasteiger charge is 2.09. The number of ketones is 1. The van der Waals surface area contributed by atoms with Gasteiger partial charge in [-0.25, -0.2) is 14.4 Å². The van der Waals surface area contributed by atoms with E-state index in [-0.39, 0.29) is 24.0 Å². The first-order valence-corrected chi connectivity index (χ1v) is 11.2. The third kappa shape index (κ3) is 7.21. The molecule has 0 atom stereocenters. The maximum atomic E-state index is 14.3. The molecule has 0 radical (unpaired) electrons. The average molecular weight is 489 g/mol. The summed E-state index contributed by atoms with van der Waals surface area (Å²) < 4.78 is 24.8. The normalized spacial score (nSPS) is 10.9. The third-order valence-corrected chi connectivity index (χ3v) is 4.95. The van der Waals surface area contributed by atoms with Crippen LogP contribution in [0.1, 0.15) is 11.4 Å². The van der Waals surface area contributed by atoms with Crippen molar-refractivity contribution in [3.8, 4) is 5.75 Å². The predicted octanol–water partition coefficient (Wildman–Crippen LogP) is 4.68. The lowest BCUT2D eigenvalue weighted by atomic mass is 10.1. The smallest absolute Gasteiger partial charge is 0.229 e. The Morgan fingerprint density at radius 1 is 1.03 bits per heavy atom. The summed E-state index contributed by atoms with van der Waals surface area (Å²) in [5.41, 5.74) is 2.18. The van der Waals surface area contributed by atoms with E-state index in [0.29, 0.717) is 30.5 Å². The van der Waals surface area contributed by atoms with Crippen LogP contribution in [0.2, 0.25) is 0 Å². The Kier molecular flexibility index (Phi) is 8.34. The second-order valence-corrected chi connectivity index (χ2v) is 7.65. The number of hydrogen-bond acceptors (Lipinski definition) is 8. The molecular formula is C26H25FN6O3. The molecule has 36 heavy (non-hydrogen) atoms. The molecule has 0 aliphatic carbocycles. The molecular weight excluding hydrogens is 463 g/mol. The van der Waals surface area contributed by atoms with Crippen LogP contribution in [0.15, 0.2) is 73.2 Å². The first kappa shape index (κ1) is 24.6. The molecule has 0 spiro atoms. The Hall–Kier alpha value is -4.57. The maximum absolute atomic E-state index is 14.3. The van der Waals surface area contributed by atoms with Gasteiger partial charge in [-0.3, -0.25) is 4.79 Å². The predicted molar refractivity (Wildman–Crippen MR) is 135 cm³/mol. The first-order chi connectivity index (χ1) is 17.6. The molecule has 4 rings (SSSR count). The number of aromatic amines is 1. The number of methoxy groups -OCH3 is 1. The van der Waals surface area contributed by atoms with Crippen LogP contribution < -0.4 is 15.4 Å². The monoisotopic (exact) mass is 488 g/mol. The van der Waals surface area contributed by atoms with Crippen LogP contribution in [0.5, 0.6) is 5.75 Å². The quantitative estimate of drug-likeness (QED) is 0.195. The van der Waals surface area contributed by atoms with Gasteiger partial charge in [-0.15, -0.1) is 0 Å². The molecule has 0 amide bonds. The van der Waals surface area contributed by atoms with E-state index < -0.39 is 5.82 Å². The van der Waals surface area contributed by atoms with Crippen molar-refractivity contribution in [3.05, 3.63) is 90.4 Å². The van der Waals surface area contributed by atoms with Crippen LogP contribution in [0.3, 0.4) is 0 Å². The number of ether oxygens (including phenoxy) is 2. The van der Waals surface area contributed by atoms with Gasteiger partial charge in [0.25, 0.3) is 0 Å². The number of aromatic nitrogens is 4. The van der Waals surface area contributed by atoms with Crippen molar-refractivity contribution in [3.63, 3.8) is 0 Å². The van der Waals surface area contributed by atoms with Crippen molar-refractivity contribution in [1.82, 2.24) is 19.9 Å². The number of H-pyrrole nitrogens is 1. The van der Waals surface area contributed by atoms with Gasteiger partial charge in [0, 0.05) is 37.3 Å². The number of rotatable bonds is 12. The van der Waals surface area contributed by atoms with Crippen LogP contribution >= 0.6 is 0 Å². The van der Waals surface area contributed by atoms with Gasteiger partial charge in [0.1, 0.15) is 18.2 Å². The lowest BCUT2D eigenvalue weighted by Crippen LogP contribution is -2.05. The second-order valence-electron chi connectivity index (χ2n) is 7.65. The highest BCUT2D eigenvalue weighted by molar-refractivity contribution is 5.94. The number of nitrogens with one attached hydrogen (secondary N) is 3. The highest BCUT2D eigenvalue weighted by atomic mass is 19.1. The number of halogens is 1. The van der Waals surface area contributed by atoms with Crippen molar-refractivity contribution in [1.29, 1.82) is 0 Å². The number of hydrogen-bond donors (Lipinski definition) is 3. The Balaban J connectivity index is 1.34. The van der Waals surface area contributed by atoms with E-state index in [0.717, 1.165) is 17.4 Å². The number of carbonyl (C=O) groups excluding carboxylic acids is 1. The summed E-state index contributed by atoms with van der Waals surface area (Å²) in [6, 6.07) is 14.4. The summed E-state index contributed by atoms with van der Waals surface area (Å²) in [7, 11) is 1.61. The fraction of sp³-hybridized carbons (Fsp3) is 0.154. The largest absolute Gasteiger partial charge is 0.491 e. The van der Waals surface area contributed by atoms with Crippen LogP contribution in [0.25, 0.3) is 6.08 Å². The molecule has 0 unspecified atom stereocenters. The van der Waals surface area contributed by atoms with E-state index >= 15 is 0 Å². The summed E-state index contributed by atoms with van der Waals surface area (Å²) in [6.07, 6.45) is 7.76. The summed E-state index contributed by atoms with van der Waals surface area (Å²) in [4.78, 5) is 27.4. The lowest BCUT2D eigenvalue weighted by Gasteiger charge is -2.11. The number of carbonyl (C=O) groups is 1. The van der Waals surface area contributed by atoms with E-state index in [1.165, 1.54) is 6.08 Å². The molecule has 0 bridgehead atoms. The zero-order valence-corrected chi connectivity index (χ0v) is 19.6. The van der Waals surface area contributed by atoms with Crippen molar-refractivity contribution in [2.45, 2.75) is 6.42 Å². The van der Waals surface area contributed by atoms with Crippen LogP contribution in [-0.4, -0.2) is 46.0 Å². The van der Waals surface area contributed by atoms with E-state index in [1.54, 1.807) is 62.0 Å². The van der Waals surface area contributed by atoms with Gasteiger partial charge in [0.2, 0.25) is 5.95 Å². The van der Waals surface area contributed by atoms with E-state index in [1.807, 2.05) is 12.1 Å². The van der Waals surface area contributed by atoms with Crippen molar-refractivity contribution in [2.24, 2.45) is 0 Å². The molecule has 0 saturated carbocycles. The van der Waals surface area contributed by atoms with Crippen LogP contribution in [0.4, 0.5) is 27.5 Å². The van der Waals surface area contributed by atoms with Crippen molar-refractivity contribution < 1.29 is 18.7 Å². The third-order valence-electron chi connectivity index (χ3n) is 4.95. The van der Waals surface area contributed by atoms with E-state index in [2.05, 4.69) is 30.6 Å². The summed E-state index contributed by atoms with van der Waals surface area (Å²) >= 11 is 0. The summed E-state index contributed by atoms with van der Waals surface area (Å²) in [5.74, 6) is 0.935. The minimum absolute atomic E-state index is 0.0252. The first-order valence-electron chi connectivity index (χ1n) is 11.2. The molecule has 0 aliphatic rings. The number of allylic oxidation sites excluding steroid dienone is 1. The molecule has 4 aromatic rings. The Morgan fingerprint density at radius 2 is 1.78 bits per heavy atom. The number of imidazole rings is 1. The number of benzene rings is 2. The summed E-state index contributed by atoms with van der Waals surface area (Å²) in [6.45, 7) is 0.962. The zero-order valence-electron chi connectivity index (χ0n) is 19.6. The molecule has 2 aromatic carbocycles. The molecule has 3 N–H and O–H groups in total. The standard InChI is InChI=1S/C26H25FN6O3/c1-35-14-15-36-22-9-6-20(7-10-22)32-26-30-17-23(27)25(33-26)31-19-4-2-18(3-5-19)16-21(34)8-11-24-28-12-13-29-24/h2-13,17H,14-16H2,1H3,(H,28,29)(H2,30,31,32,33)/b11-8+. The molecule has 2 aromatic heterocycles. The van der Waals surface area contributed by atoms with E-state index in [9.17, 15) is 9.18 Å². The molecule has 2 heterocycles. The zero-order chi connectivity index (χ0) is 25.2. The van der Waals surface area contributed by atoms with Crippen LogP contribution in [-0.2, 0) is 16.0 Å². The minimum Gasteiger partial charge on any atom is -0.491 e. The topological polar surface area (TPSA) is 114 Å². The lowest BCUT2D eigenvalue weighted by molar-refractivity contribution is -0.113. The summed E-state index contributed by atoms with van der Waals surface area (Å²) in [5, 5.41) is 6.00. The number of nitrogens with zero attached hydrogens (tertiary/aromatic N) is 3. The van der Waals surface area contributed by atoms with Crippen molar-refractivity contribution >= 4 is 35.0 Å². The van der Waals surface area contributed by atoms with Gasteiger partial charge in [0.15, 0.2) is 17.4 Å². The fourth-order valence-corrected chi connectivity index (χ4v) is 3.16. The highest BCUT2D eigenvalue weighted by Crippen LogP contribution is 2.22. The van der Waals surface area contributed by atoms with Gasteiger partial charge in [-0.1, -0.05) is 12.1 Å². The maximum Gasteiger partial charge on any atom is 0.229 e. The molecule has 10 heteroatoms. The molecule has 184 valence electrons. The fourth-order valence-electron chi connectivity index (χ4n) is 3.16. The Labute approximate surface area is 207 Å². The molecule has 0 aliphatic heterocycles. The Bertz CT molecular complexity index is 1290. The minimum atomic E-state index is -0.593. The van der Waals surface area contributed by atoms with Crippen molar-refractivity contribution in [2.75, 3.05) is 31.0 Å². The molecule has 0 saturated heterocycles. The molecule has 0 fully saturated rings. The average Bonchev–Trinajstić information content (AvgIpc) is 3.41. The number of anilines is 4. The van der Waals surface area contributed by atoms with Gasteiger partial charge < -0.3 is 25.1 Å². The van der Waals surface area contributed by atoms with Gasteiger partial charge >= 0.3 is 0 Å². The van der Waals surface area contributed by atoms with Gasteiger partial charge in [0.05, 0.1) is 12.8 Å². The van der Waals surface area contributed by atoms with Crippen LogP contribution in [0, 0.1) is 5.82 Å². The van der Waals surface area contributed by atoms with Gasteiger partial charge in [-0.05, 0) is 54.1 Å². The van der Waals surface area contributed by atoms with Gasteiger partial charge in [-0.2, -0.15) is 4.98 Å². The SMILES string of the molecule is COCCOc1ccc(Nc2ncc(F)c(Nc3ccc(CC(=O)/C=C/c4ncc[nH]4)cc3)n2)cc1. The second kappa shape index (κ2) is 12.2. The van der Waals surface area contributed by atoms with E-state index in [4.69, 9.17) is 9.47 Å².